The molecule has 0 radical (unpaired) electrons. The minimum Gasteiger partial charge on any atom is -0.490 e. The standard InChI is InChI=1S/C57H94F2OSi2/c1-14-23-45-26-28-46(29-27-45)47-30-32-48(33-31-47)50-34-35-53(55(59)54(50)58)60-37-21-17-15-16-18-22-38-61(10,11)40-41-62(12,13)39-36-51(56(4,5)6)44(3)49-25-20-19-24-43(2)52(42-49)57(7,8)9/h19-20,24,34-35,45-48,51-52H,2-3,14-18,21-23,26-33,36-42H2,1,4-13H3. The van der Waals surface area contributed by atoms with Crippen LogP contribution in [-0.4, -0.2) is 22.8 Å². The molecule has 0 heterocycles. The maximum absolute atomic E-state index is 15.3. The van der Waals surface area contributed by atoms with Gasteiger partial charge in [-0.3, -0.25) is 0 Å². The maximum atomic E-state index is 15.3. The van der Waals surface area contributed by atoms with Crippen molar-refractivity contribution in [3.63, 3.8) is 0 Å². The van der Waals surface area contributed by atoms with E-state index in [2.05, 4.69) is 105 Å². The molecule has 2 fully saturated rings. The second-order valence-corrected chi connectivity index (χ2v) is 35.0. The largest absolute Gasteiger partial charge is 0.490 e. The van der Waals surface area contributed by atoms with E-state index < -0.39 is 27.8 Å². The van der Waals surface area contributed by atoms with E-state index >= 15 is 8.78 Å². The molecular weight excluding hydrogens is 795 g/mol. The molecule has 62 heavy (non-hydrogen) atoms. The third-order valence-corrected chi connectivity index (χ3v) is 23.1. The first kappa shape index (κ1) is 52.7. The summed E-state index contributed by atoms with van der Waals surface area (Å²) >= 11 is 0. The van der Waals surface area contributed by atoms with Crippen LogP contribution in [0.25, 0.3) is 0 Å². The highest BCUT2D eigenvalue weighted by molar-refractivity contribution is 6.82. The molecule has 0 spiro atoms. The molecule has 0 N–H and O–H groups in total. The van der Waals surface area contributed by atoms with E-state index in [-0.39, 0.29) is 22.5 Å². The Bertz CT molecular complexity index is 1660. The summed E-state index contributed by atoms with van der Waals surface area (Å²) in [7, 11) is -2.63. The SMILES string of the molecule is C=C1C=CC=C=C(C(=C)C(CC[Si](C)(C)CC[Si](C)(C)CCCCCCCCOc2ccc(C3CCC(C4CCC(CCC)CC4)CC3)c(F)c2F)C(C)(C)C)CC1C(C)(C)C. The van der Waals surface area contributed by atoms with Crippen molar-refractivity contribution in [1.29, 1.82) is 0 Å². The summed E-state index contributed by atoms with van der Waals surface area (Å²) in [6.07, 6.45) is 28.0. The molecule has 2 atom stereocenters. The quantitative estimate of drug-likeness (QED) is 0.0640. The van der Waals surface area contributed by atoms with Crippen LogP contribution in [0.15, 0.2) is 66.0 Å². The van der Waals surface area contributed by atoms with Crippen molar-refractivity contribution < 1.29 is 13.5 Å². The number of halogens is 2. The van der Waals surface area contributed by atoms with Gasteiger partial charge in [-0.1, -0.05) is 194 Å². The Morgan fingerprint density at radius 2 is 1.35 bits per heavy atom. The zero-order chi connectivity index (χ0) is 45.7. The summed E-state index contributed by atoms with van der Waals surface area (Å²) in [6, 6.07) is 9.15. The summed E-state index contributed by atoms with van der Waals surface area (Å²) in [5.74, 6) is 2.14. The molecule has 0 bridgehead atoms. The van der Waals surface area contributed by atoms with Crippen molar-refractivity contribution in [2.24, 2.45) is 40.4 Å². The predicted molar refractivity (Wildman–Crippen MR) is 273 cm³/mol. The van der Waals surface area contributed by atoms with Crippen LogP contribution in [0.1, 0.15) is 176 Å². The van der Waals surface area contributed by atoms with E-state index in [0.717, 1.165) is 62.7 Å². The highest BCUT2D eigenvalue weighted by Crippen LogP contribution is 2.47. The minimum atomic E-state index is -1.38. The van der Waals surface area contributed by atoms with Crippen LogP contribution in [0, 0.1) is 52.1 Å². The highest BCUT2D eigenvalue weighted by atomic mass is 28.3. The fraction of sp³-hybridized carbons (Fsp3) is 0.737. The Kier molecular flexibility index (Phi) is 20.4. The van der Waals surface area contributed by atoms with E-state index in [0.29, 0.717) is 24.0 Å². The number of ether oxygens (including phenoxy) is 1. The fourth-order valence-corrected chi connectivity index (χ4v) is 19.7. The number of hydrogen-bond donors (Lipinski definition) is 0. The van der Waals surface area contributed by atoms with Crippen molar-refractivity contribution in [3.05, 3.63) is 83.2 Å². The van der Waals surface area contributed by atoms with Gasteiger partial charge in [-0.05, 0) is 133 Å². The van der Waals surface area contributed by atoms with E-state index in [9.17, 15) is 0 Å². The lowest BCUT2D eigenvalue weighted by Gasteiger charge is -2.38. The molecule has 4 rings (SSSR count). The van der Waals surface area contributed by atoms with Crippen molar-refractivity contribution in [2.75, 3.05) is 6.61 Å². The molecule has 3 aliphatic rings. The summed E-state index contributed by atoms with van der Waals surface area (Å²) in [5.41, 5.74) is 8.31. The Hall–Kier alpha value is -1.95. The number of benzene rings is 1. The Labute approximate surface area is 384 Å². The van der Waals surface area contributed by atoms with Crippen LogP contribution in [-0.2, 0) is 0 Å². The van der Waals surface area contributed by atoms with E-state index in [1.165, 1.54) is 112 Å². The zero-order valence-electron chi connectivity index (χ0n) is 42.2. The van der Waals surface area contributed by atoms with Crippen LogP contribution in [0.4, 0.5) is 8.78 Å². The number of allylic oxidation sites excluding steroid dienone is 5. The average molecular weight is 890 g/mol. The number of unbranched alkanes of at least 4 members (excludes halogenated alkanes) is 5. The Balaban J connectivity index is 1.11. The van der Waals surface area contributed by atoms with Gasteiger partial charge in [-0.25, -0.2) is 4.39 Å². The third-order valence-electron chi connectivity index (χ3n) is 16.1. The lowest BCUT2D eigenvalue weighted by atomic mass is 9.68. The minimum absolute atomic E-state index is 0.0842. The van der Waals surface area contributed by atoms with Gasteiger partial charge in [0.15, 0.2) is 11.6 Å². The monoisotopic (exact) mass is 889 g/mol. The van der Waals surface area contributed by atoms with Gasteiger partial charge in [-0.15, -0.1) is 5.73 Å². The number of hydrogen-bond acceptors (Lipinski definition) is 1. The molecule has 3 aliphatic carbocycles. The molecule has 0 aliphatic heterocycles. The summed E-state index contributed by atoms with van der Waals surface area (Å²) in [4.78, 5) is 0. The van der Waals surface area contributed by atoms with Crippen LogP contribution in [0.3, 0.4) is 0 Å². The first-order valence-corrected chi connectivity index (χ1v) is 32.6. The molecule has 1 aromatic carbocycles. The summed E-state index contributed by atoms with van der Waals surface area (Å²) < 4.78 is 36.3. The lowest BCUT2D eigenvalue weighted by Crippen LogP contribution is -2.34. The maximum Gasteiger partial charge on any atom is 0.200 e. The van der Waals surface area contributed by atoms with Gasteiger partial charge in [0.2, 0.25) is 5.82 Å². The predicted octanol–water partition coefficient (Wildman–Crippen LogP) is 18.8. The van der Waals surface area contributed by atoms with Crippen LogP contribution in [0.2, 0.25) is 50.4 Å². The van der Waals surface area contributed by atoms with Crippen LogP contribution < -0.4 is 4.74 Å². The molecule has 5 heteroatoms. The molecule has 0 amide bonds. The molecule has 1 nitrogen and oxygen atoms in total. The van der Waals surface area contributed by atoms with Gasteiger partial charge in [0.1, 0.15) is 0 Å². The zero-order valence-corrected chi connectivity index (χ0v) is 44.2. The highest BCUT2D eigenvalue weighted by Gasteiger charge is 2.36. The van der Waals surface area contributed by atoms with E-state index in [1.807, 2.05) is 6.07 Å². The molecule has 2 saturated carbocycles. The van der Waals surface area contributed by atoms with Crippen LogP contribution >= 0.6 is 0 Å². The van der Waals surface area contributed by atoms with Crippen molar-refractivity contribution in [2.45, 2.75) is 220 Å². The Morgan fingerprint density at radius 3 is 1.95 bits per heavy atom. The average Bonchev–Trinajstić information content (AvgIpc) is 3.19. The molecule has 2 unspecified atom stereocenters. The van der Waals surface area contributed by atoms with Gasteiger partial charge < -0.3 is 4.74 Å². The number of rotatable bonds is 22. The normalized spacial score (nSPS) is 23.5. The second-order valence-electron chi connectivity index (χ2n) is 24.3. The molecule has 0 saturated heterocycles. The second kappa shape index (κ2) is 24.0. The van der Waals surface area contributed by atoms with Gasteiger partial charge in [0.25, 0.3) is 0 Å². The van der Waals surface area contributed by atoms with Crippen molar-refractivity contribution in [1.82, 2.24) is 0 Å². The van der Waals surface area contributed by atoms with Crippen LogP contribution in [0.5, 0.6) is 5.75 Å². The molecule has 1 aromatic rings. The van der Waals surface area contributed by atoms with Gasteiger partial charge in [0, 0.05) is 16.1 Å². The first-order valence-electron chi connectivity index (χ1n) is 25.7. The Morgan fingerprint density at radius 1 is 0.774 bits per heavy atom. The topological polar surface area (TPSA) is 9.23 Å². The smallest absolute Gasteiger partial charge is 0.200 e. The molecule has 0 aromatic heterocycles. The summed E-state index contributed by atoms with van der Waals surface area (Å²) in [5, 5.41) is 0. The molecule has 350 valence electrons. The van der Waals surface area contributed by atoms with Gasteiger partial charge >= 0.3 is 0 Å². The fourth-order valence-electron chi connectivity index (χ4n) is 11.5. The van der Waals surface area contributed by atoms with Gasteiger partial charge in [0.05, 0.1) is 6.61 Å². The first-order chi connectivity index (χ1) is 29.1. The van der Waals surface area contributed by atoms with E-state index in [1.54, 1.807) is 6.07 Å². The van der Waals surface area contributed by atoms with Gasteiger partial charge in [-0.2, -0.15) is 4.39 Å². The van der Waals surface area contributed by atoms with Crippen molar-refractivity contribution in [3.8, 4) is 5.75 Å². The third kappa shape index (κ3) is 16.5. The lowest BCUT2D eigenvalue weighted by molar-refractivity contribution is 0.155. The van der Waals surface area contributed by atoms with E-state index in [4.69, 9.17) is 11.3 Å². The van der Waals surface area contributed by atoms with Crippen molar-refractivity contribution >= 4 is 16.1 Å². The summed E-state index contributed by atoms with van der Waals surface area (Å²) in [6.45, 7) is 36.7. The molecular formula is C57H94F2OSi2.